The number of nitrogens with one attached hydrogen (secondary N) is 1. The molecule has 1 saturated heterocycles. The van der Waals surface area contributed by atoms with Gasteiger partial charge < -0.3 is 14.6 Å². The molecule has 34 heavy (non-hydrogen) atoms. The lowest BCUT2D eigenvalue weighted by molar-refractivity contribution is -0.116. The van der Waals surface area contributed by atoms with E-state index in [1.54, 1.807) is 19.1 Å². The number of ether oxygens (including phenoxy) is 1. The smallest absolute Gasteiger partial charge is 0.246 e. The number of anilines is 1. The molecule has 12 heteroatoms. The van der Waals surface area contributed by atoms with Crippen molar-refractivity contribution in [2.45, 2.75) is 24.7 Å². The van der Waals surface area contributed by atoms with E-state index in [0.29, 0.717) is 11.1 Å². The summed E-state index contributed by atoms with van der Waals surface area (Å²) in [6.07, 6.45) is 0.0557. The Bertz CT molecular complexity index is 1310. The molecule has 0 atom stereocenters. The normalized spacial score (nSPS) is 14.8. The van der Waals surface area contributed by atoms with Crippen molar-refractivity contribution >= 4 is 21.6 Å². The van der Waals surface area contributed by atoms with E-state index in [1.807, 2.05) is 0 Å². The number of rotatable bonds is 7. The van der Waals surface area contributed by atoms with Crippen LogP contribution in [0.3, 0.4) is 0 Å². The highest BCUT2D eigenvalue weighted by Gasteiger charge is 2.29. The van der Waals surface area contributed by atoms with Crippen molar-refractivity contribution in [1.29, 1.82) is 0 Å². The van der Waals surface area contributed by atoms with Crippen LogP contribution in [0.4, 0.5) is 14.5 Å². The van der Waals surface area contributed by atoms with Gasteiger partial charge in [0.25, 0.3) is 0 Å². The van der Waals surface area contributed by atoms with Crippen LogP contribution in [-0.4, -0.2) is 55.1 Å². The molecule has 1 fully saturated rings. The summed E-state index contributed by atoms with van der Waals surface area (Å²) < 4.78 is 65.1. The maximum absolute atomic E-state index is 14.3. The van der Waals surface area contributed by atoms with Crippen molar-refractivity contribution in [2.24, 2.45) is 0 Å². The Hall–Kier alpha value is -3.22. The summed E-state index contributed by atoms with van der Waals surface area (Å²) in [4.78, 5) is 16.0. The number of halogens is 2. The molecule has 1 aliphatic rings. The van der Waals surface area contributed by atoms with Gasteiger partial charge in [-0.3, -0.25) is 4.79 Å². The number of hydrogen-bond donors (Lipinski definition) is 1. The Morgan fingerprint density at radius 2 is 1.88 bits per heavy atom. The summed E-state index contributed by atoms with van der Waals surface area (Å²) in [6, 6.07) is 7.93. The molecule has 9 nitrogen and oxygen atoms in total. The summed E-state index contributed by atoms with van der Waals surface area (Å²) in [6.45, 7) is 2.35. The molecule has 3 aromatic rings. The summed E-state index contributed by atoms with van der Waals surface area (Å²) in [5.74, 6) is -1.37. The molecular weight excluding hydrogens is 470 g/mol. The topological polar surface area (TPSA) is 115 Å². The van der Waals surface area contributed by atoms with E-state index in [1.165, 1.54) is 12.1 Å². The van der Waals surface area contributed by atoms with E-state index in [-0.39, 0.29) is 56.5 Å². The minimum atomic E-state index is -4.07. The van der Waals surface area contributed by atoms with E-state index in [2.05, 4.69) is 15.5 Å². The highest BCUT2D eigenvalue weighted by molar-refractivity contribution is 7.89. The minimum absolute atomic E-state index is 0.0488. The number of carbonyl (C=O) groups excluding carboxylic acids is 1. The first-order valence-electron chi connectivity index (χ1n) is 10.5. The molecule has 0 bridgehead atoms. The van der Waals surface area contributed by atoms with Crippen LogP contribution in [0.1, 0.15) is 17.9 Å². The van der Waals surface area contributed by atoms with Gasteiger partial charge in [0.05, 0.1) is 13.2 Å². The van der Waals surface area contributed by atoms with Gasteiger partial charge in [-0.25, -0.2) is 17.2 Å². The minimum Gasteiger partial charge on any atom is -0.379 e. The Balaban J connectivity index is 1.39. The van der Waals surface area contributed by atoms with Crippen molar-refractivity contribution in [3.05, 3.63) is 59.5 Å². The van der Waals surface area contributed by atoms with Gasteiger partial charge in [-0.15, -0.1) is 0 Å². The zero-order valence-electron chi connectivity index (χ0n) is 18.3. The van der Waals surface area contributed by atoms with E-state index >= 15 is 0 Å². The summed E-state index contributed by atoms with van der Waals surface area (Å²) in [5, 5.41) is 6.36. The van der Waals surface area contributed by atoms with Gasteiger partial charge in [0.2, 0.25) is 27.6 Å². The fourth-order valence-corrected chi connectivity index (χ4v) is 4.85. The zero-order valence-corrected chi connectivity index (χ0v) is 19.1. The van der Waals surface area contributed by atoms with Crippen LogP contribution in [-0.2, 0) is 26.0 Å². The van der Waals surface area contributed by atoms with Gasteiger partial charge in [-0.1, -0.05) is 17.3 Å². The molecule has 0 spiro atoms. The maximum Gasteiger partial charge on any atom is 0.246 e. The monoisotopic (exact) mass is 492 g/mol. The number of sulfonamides is 1. The number of nitrogens with zero attached hydrogens (tertiary/aromatic N) is 3. The van der Waals surface area contributed by atoms with Crippen molar-refractivity contribution in [3.8, 4) is 11.4 Å². The molecule has 0 saturated carbocycles. The summed E-state index contributed by atoms with van der Waals surface area (Å²) >= 11 is 0. The SMILES string of the molecule is Cc1ccc(-c2noc(CCC(=O)Nc3ccc(F)c(S(=O)(=O)N4CCOCC4)c3)n2)cc1F. The van der Waals surface area contributed by atoms with Crippen LogP contribution in [0.25, 0.3) is 11.4 Å². The molecule has 1 aliphatic heterocycles. The maximum atomic E-state index is 14.3. The van der Waals surface area contributed by atoms with E-state index < -0.39 is 32.5 Å². The molecule has 2 heterocycles. The van der Waals surface area contributed by atoms with Gasteiger partial charge >= 0.3 is 0 Å². The van der Waals surface area contributed by atoms with Crippen LogP contribution < -0.4 is 5.32 Å². The first-order chi connectivity index (χ1) is 16.2. The number of morpholine rings is 1. The Labute approximate surface area is 194 Å². The number of amides is 1. The quantitative estimate of drug-likeness (QED) is 0.539. The van der Waals surface area contributed by atoms with Crippen molar-refractivity contribution in [1.82, 2.24) is 14.4 Å². The predicted octanol–water partition coefficient (Wildman–Crippen LogP) is 2.92. The van der Waals surface area contributed by atoms with Crippen LogP contribution in [0, 0.1) is 18.6 Å². The van der Waals surface area contributed by atoms with E-state index in [0.717, 1.165) is 16.4 Å². The van der Waals surface area contributed by atoms with Crippen LogP contribution in [0.15, 0.2) is 45.8 Å². The molecule has 1 amide bonds. The molecule has 0 aliphatic carbocycles. The van der Waals surface area contributed by atoms with Gasteiger partial charge in [0.15, 0.2) is 0 Å². The van der Waals surface area contributed by atoms with Crippen molar-refractivity contribution in [2.75, 3.05) is 31.6 Å². The molecule has 1 aromatic heterocycles. The third-order valence-corrected chi connectivity index (χ3v) is 7.18. The summed E-state index contributed by atoms with van der Waals surface area (Å²) in [5.41, 5.74) is 1.08. The Morgan fingerprint density at radius 1 is 1.12 bits per heavy atom. The number of benzene rings is 2. The van der Waals surface area contributed by atoms with Gasteiger partial charge in [0.1, 0.15) is 16.5 Å². The number of aromatic nitrogens is 2. The predicted molar refractivity (Wildman–Crippen MR) is 117 cm³/mol. The standard InChI is InChI=1S/C22H22F2N4O5S/c1-14-2-3-15(12-18(14)24)22-26-21(33-27-22)7-6-20(29)25-16-4-5-17(23)19(13-16)34(30,31)28-8-10-32-11-9-28/h2-5,12-13H,6-11H2,1H3,(H,25,29). The molecule has 1 N–H and O–H groups in total. The number of hydrogen-bond acceptors (Lipinski definition) is 7. The lowest BCUT2D eigenvalue weighted by atomic mass is 10.1. The average Bonchev–Trinajstić information content (AvgIpc) is 3.30. The first-order valence-corrected chi connectivity index (χ1v) is 11.9. The molecule has 0 unspecified atom stereocenters. The fraction of sp³-hybridized carbons (Fsp3) is 0.318. The van der Waals surface area contributed by atoms with Gasteiger partial charge in [-0.05, 0) is 36.8 Å². The Morgan fingerprint density at radius 3 is 2.62 bits per heavy atom. The summed E-state index contributed by atoms with van der Waals surface area (Å²) in [7, 11) is -4.07. The van der Waals surface area contributed by atoms with Crippen LogP contribution in [0.5, 0.6) is 0 Å². The zero-order chi connectivity index (χ0) is 24.3. The number of aryl methyl sites for hydroxylation is 2. The molecule has 2 aromatic carbocycles. The second kappa shape index (κ2) is 9.95. The lowest BCUT2D eigenvalue weighted by Gasteiger charge is -2.26. The molecule has 4 rings (SSSR count). The van der Waals surface area contributed by atoms with Crippen LogP contribution in [0.2, 0.25) is 0 Å². The van der Waals surface area contributed by atoms with E-state index in [9.17, 15) is 22.0 Å². The second-order valence-corrected chi connectivity index (χ2v) is 9.59. The fourth-order valence-electron chi connectivity index (χ4n) is 3.35. The van der Waals surface area contributed by atoms with Crippen molar-refractivity contribution < 1.29 is 31.3 Å². The average molecular weight is 493 g/mol. The van der Waals surface area contributed by atoms with Crippen molar-refractivity contribution in [3.63, 3.8) is 0 Å². The largest absolute Gasteiger partial charge is 0.379 e. The third kappa shape index (κ3) is 5.29. The third-order valence-electron chi connectivity index (χ3n) is 5.27. The first kappa shape index (κ1) is 23.9. The Kier molecular flexibility index (Phi) is 7.00. The molecular formula is C22H22F2N4O5S. The van der Waals surface area contributed by atoms with Crippen LogP contribution >= 0.6 is 0 Å². The highest BCUT2D eigenvalue weighted by Crippen LogP contribution is 2.24. The molecule has 180 valence electrons. The highest BCUT2D eigenvalue weighted by atomic mass is 32.2. The second-order valence-electron chi connectivity index (χ2n) is 7.69. The lowest BCUT2D eigenvalue weighted by Crippen LogP contribution is -2.40. The van der Waals surface area contributed by atoms with E-state index in [4.69, 9.17) is 9.26 Å². The van der Waals surface area contributed by atoms with Gasteiger partial charge in [0, 0.05) is 37.2 Å². The van der Waals surface area contributed by atoms with Gasteiger partial charge in [-0.2, -0.15) is 9.29 Å². The number of carbonyl (C=O) groups is 1. The molecule has 0 radical (unpaired) electrons.